The highest BCUT2D eigenvalue weighted by Gasteiger charge is 2.13. The van der Waals surface area contributed by atoms with Gasteiger partial charge in [-0.25, -0.2) is 4.79 Å². The third-order valence-electron chi connectivity index (χ3n) is 2.25. The zero-order chi connectivity index (χ0) is 13.7. The van der Waals surface area contributed by atoms with Crippen molar-refractivity contribution in [1.29, 1.82) is 0 Å². The summed E-state index contributed by atoms with van der Waals surface area (Å²) < 4.78 is 11.0. The predicted molar refractivity (Wildman–Crippen MR) is 76.2 cm³/mol. The Morgan fingerprint density at radius 3 is 3.00 bits per heavy atom. The number of ether oxygens (including phenoxy) is 1. The molecule has 0 aliphatic heterocycles. The second-order valence-corrected chi connectivity index (χ2v) is 5.49. The second kappa shape index (κ2) is 6.77. The fourth-order valence-electron chi connectivity index (χ4n) is 1.39. The van der Waals surface area contributed by atoms with E-state index in [0.717, 1.165) is 9.37 Å². The van der Waals surface area contributed by atoms with Gasteiger partial charge in [-0.2, -0.15) is 0 Å². The lowest BCUT2D eigenvalue weighted by Gasteiger charge is -2.00. The first-order valence-electron chi connectivity index (χ1n) is 5.70. The number of halogens is 1. The summed E-state index contributed by atoms with van der Waals surface area (Å²) >= 11 is 5.08. The third kappa shape index (κ3) is 3.84. The molecular formula is C13H12BrNO3S. The maximum Gasteiger partial charge on any atom is 0.360 e. The molecule has 0 saturated carbocycles. The van der Waals surface area contributed by atoms with Crippen LogP contribution in [0.5, 0.6) is 0 Å². The van der Waals surface area contributed by atoms with Gasteiger partial charge in [0.1, 0.15) is 5.76 Å². The molecule has 0 atom stereocenters. The van der Waals surface area contributed by atoms with E-state index in [4.69, 9.17) is 9.26 Å². The van der Waals surface area contributed by atoms with Crippen LogP contribution in [-0.2, 0) is 10.5 Å². The molecule has 1 aromatic carbocycles. The van der Waals surface area contributed by atoms with Gasteiger partial charge in [-0.3, -0.25) is 0 Å². The van der Waals surface area contributed by atoms with Crippen molar-refractivity contribution in [1.82, 2.24) is 5.16 Å². The van der Waals surface area contributed by atoms with Gasteiger partial charge in [0.25, 0.3) is 0 Å². The van der Waals surface area contributed by atoms with Crippen molar-refractivity contribution >= 4 is 33.7 Å². The Morgan fingerprint density at radius 1 is 1.47 bits per heavy atom. The van der Waals surface area contributed by atoms with Gasteiger partial charge in [0.15, 0.2) is 5.69 Å². The van der Waals surface area contributed by atoms with Gasteiger partial charge in [0.05, 0.1) is 12.4 Å². The highest BCUT2D eigenvalue weighted by atomic mass is 79.9. The van der Waals surface area contributed by atoms with Crippen molar-refractivity contribution in [2.45, 2.75) is 17.6 Å². The Labute approximate surface area is 123 Å². The van der Waals surface area contributed by atoms with Crippen LogP contribution < -0.4 is 0 Å². The zero-order valence-electron chi connectivity index (χ0n) is 10.3. The average molecular weight is 342 g/mol. The van der Waals surface area contributed by atoms with Crippen LogP contribution in [-0.4, -0.2) is 17.7 Å². The van der Waals surface area contributed by atoms with Crippen molar-refractivity contribution in [2.75, 3.05) is 6.61 Å². The molecule has 1 heterocycles. The Hall–Kier alpha value is -1.27. The fourth-order valence-corrected chi connectivity index (χ4v) is 2.84. The van der Waals surface area contributed by atoms with E-state index in [1.165, 1.54) is 0 Å². The summed E-state index contributed by atoms with van der Waals surface area (Å²) in [5.41, 5.74) is 0.213. The molecule has 0 amide bonds. The lowest BCUT2D eigenvalue weighted by molar-refractivity contribution is 0.0514. The van der Waals surface area contributed by atoms with E-state index in [9.17, 15) is 4.79 Å². The monoisotopic (exact) mass is 341 g/mol. The van der Waals surface area contributed by atoms with Crippen molar-refractivity contribution in [2.24, 2.45) is 0 Å². The van der Waals surface area contributed by atoms with Crippen molar-refractivity contribution in [3.05, 3.63) is 46.3 Å². The lowest BCUT2D eigenvalue weighted by Crippen LogP contribution is -2.04. The summed E-state index contributed by atoms with van der Waals surface area (Å²) in [5, 5.41) is 3.69. The molecule has 0 fully saturated rings. The Bertz CT molecular complexity index is 571. The smallest absolute Gasteiger partial charge is 0.360 e. The number of carbonyl (C=O) groups is 1. The maximum atomic E-state index is 11.4. The van der Waals surface area contributed by atoms with Gasteiger partial charge in [-0.1, -0.05) is 17.3 Å². The first kappa shape index (κ1) is 14.1. The average Bonchev–Trinajstić information content (AvgIpc) is 2.87. The van der Waals surface area contributed by atoms with E-state index in [2.05, 4.69) is 21.1 Å². The number of nitrogens with zero attached hydrogens (tertiary/aromatic N) is 1. The van der Waals surface area contributed by atoms with Gasteiger partial charge in [-0.05, 0) is 35.0 Å². The number of rotatable bonds is 5. The molecule has 2 rings (SSSR count). The SMILES string of the molecule is CCOC(=O)c1cc(CSc2ccccc2Br)on1. The molecule has 0 spiro atoms. The third-order valence-corrected chi connectivity index (χ3v) is 4.30. The number of esters is 1. The van der Waals surface area contributed by atoms with E-state index in [0.29, 0.717) is 18.1 Å². The summed E-state index contributed by atoms with van der Waals surface area (Å²) in [6, 6.07) is 9.53. The van der Waals surface area contributed by atoms with E-state index in [1.54, 1.807) is 24.8 Å². The molecule has 1 aromatic heterocycles. The van der Waals surface area contributed by atoms with Crippen LogP contribution in [0.1, 0.15) is 23.2 Å². The summed E-state index contributed by atoms with van der Waals surface area (Å²) in [6.45, 7) is 2.08. The maximum absolute atomic E-state index is 11.4. The fraction of sp³-hybridized carbons (Fsp3) is 0.231. The molecule has 19 heavy (non-hydrogen) atoms. The Morgan fingerprint density at radius 2 is 2.26 bits per heavy atom. The van der Waals surface area contributed by atoms with Gasteiger partial charge >= 0.3 is 5.97 Å². The molecule has 0 saturated heterocycles. The number of carbonyl (C=O) groups excluding carboxylic acids is 1. The molecule has 4 nitrogen and oxygen atoms in total. The van der Waals surface area contributed by atoms with Crippen molar-refractivity contribution in [3.8, 4) is 0 Å². The zero-order valence-corrected chi connectivity index (χ0v) is 12.7. The molecule has 2 aromatic rings. The minimum absolute atomic E-state index is 0.213. The minimum atomic E-state index is -0.455. The van der Waals surface area contributed by atoms with E-state index in [1.807, 2.05) is 24.3 Å². The number of hydrogen-bond acceptors (Lipinski definition) is 5. The van der Waals surface area contributed by atoms with E-state index in [-0.39, 0.29) is 5.69 Å². The first-order valence-corrected chi connectivity index (χ1v) is 7.48. The normalized spacial score (nSPS) is 10.4. The molecule has 0 aliphatic rings. The Kier molecular flexibility index (Phi) is 5.04. The van der Waals surface area contributed by atoms with Crippen LogP contribution in [0, 0.1) is 0 Å². The van der Waals surface area contributed by atoms with Gasteiger partial charge in [0.2, 0.25) is 0 Å². The summed E-state index contributed by atoms with van der Waals surface area (Å²) in [4.78, 5) is 12.5. The van der Waals surface area contributed by atoms with Crippen molar-refractivity contribution in [3.63, 3.8) is 0 Å². The predicted octanol–water partition coefficient (Wildman–Crippen LogP) is 3.91. The van der Waals surface area contributed by atoms with Crippen LogP contribution in [0.4, 0.5) is 0 Å². The molecule has 0 radical (unpaired) electrons. The van der Waals surface area contributed by atoms with Crippen LogP contribution in [0.2, 0.25) is 0 Å². The highest BCUT2D eigenvalue weighted by molar-refractivity contribution is 9.10. The molecular weight excluding hydrogens is 330 g/mol. The van der Waals surface area contributed by atoms with Crippen molar-refractivity contribution < 1.29 is 14.1 Å². The molecule has 6 heteroatoms. The number of benzene rings is 1. The molecule has 0 bridgehead atoms. The van der Waals surface area contributed by atoms with Crippen LogP contribution >= 0.6 is 27.7 Å². The first-order chi connectivity index (χ1) is 9.20. The van der Waals surface area contributed by atoms with Crippen LogP contribution in [0.25, 0.3) is 0 Å². The quantitative estimate of drug-likeness (QED) is 0.609. The number of hydrogen-bond donors (Lipinski definition) is 0. The number of aromatic nitrogens is 1. The van der Waals surface area contributed by atoms with Crippen LogP contribution in [0.3, 0.4) is 0 Å². The Balaban J connectivity index is 1.97. The molecule has 0 unspecified atom stereocenters. The summed E-state index contributed by atoms with van der Waals surface area (Å²) in [5.74, 6) is 0.793. The molecule has 0 aliphatic carbocycles. The van der Waals surface area contributed by atoms with Gasteiger partial charge in [0, 0.05) is 15.4 Å². The van der Waals surface area contributed by atoms with Gasteiger partial charge < -0.3 is 9.26 Å². The number of thioether (sulfide) groups is 1. The van der Waals surface area contributed by atoms with Gasteiger partial charge in [-0.15, -0.1) is 11.8 Å². The molecule has 0 N–H and O–H groups in total. The largest absolute Gasteiger partial charge is 0.461 e. The summed E-state index contributed by atoms with van der Waals surface area (Å²) in [6.07, 6.45) is 0. The highest BCUT2D eigenvalue weighted by Crippen LogP contribution is 2.29. The van der Waals surface area contributed by atoms with Crippen LogP contribution in [0.15, 0.2) is 44.2 Å². The lowest BCUT2D eigenvalue weighted by atomic mass is 10.4. The second-order valence-electron chi connectivity index (χ2n) is 3.62. The van der Waals surface area contributed by atoms with E-state index >= 15 is 0 Å². The van der Waals surface area contributed by atoms with E-state index < -0.39 is 5.97 Å². The summed E-state index contributed by atoms with van der Waals surface area (Å²) in [7, 11) is 0. The minimum Gasteiger partial charge on any atom is -0.461 e. The topological polar surface area (TPSA) is 52.3 Å². The molecule has 100 valence electrons. The standard InChI is InChI=1S/C13H12BrNO3S/c1-2-17-13(16)11-7-9(18-15-11)8-19-12-6-4-3-5-10(12)14/h3-7H,2,8H2,1H3.